The van der Waals surface area contributed by atoms with Gasteiger partial charge in [0.1, 0.15) is 0 Å². The topological polar surface area (TPSA) is 39.1 Å². The molecule has 1 saturated heterocycles. The van der Waals surface area contributed by atoms with Crippen molar-refractivity contribution in [2.45, 2.75) is 51.6 Å². The van der Waals surface area contributed by atoms with Crippen LogP contribution >= 0.6 is 0 Å². The van der Waals surface area contributed by atoms with Gasteiger partial charge in [0.05, 0.1) is 12.5 Å². The Bertz CT molecular complexity index is 209. The molecular weight excluding hydrogens is 186 g/mol. The summed E-state index contributed by atoms with van der Waals surface area (Å²) in [7, 11) is 0. The molecule has 0 aromatic heterocycles. The van der Waals surface area contributed by atoms with E-state index < -0.39 is 0 Å². The highest BCUT2D eigenvalue weighted by atomic mass is 15.2. The van der Waals surface area contributed by atoms with Gasteiger partial charge in [-0.15, -0.1) is 0 Å². The SMILES string of the molecule is CCCCN1CC(CC#N)NCCC1C. The average Bonchev–Trinajstić information content (AvgIpc) is 2.39. The molecule has 0 radical (unpaired) electrons. The first kappa shape index (κ1) is 12.5. The van der Waals surface area contributed by atoms with Gasteiger partial charge in [0.2, 0.25) is 0 Å². The van der Waals surface area contributed by atoms with E-state index in [0.29, 0.717) is 18.5 Å². The summed E-state index contributed by atoms with van der Waals surface area (Å²) in [5.41, 5.74) is 0. The Morgan fingerprint density at radius 2 is 2.33 bits per heavy atom. The number of rotatable bonds is 4. The van der Waals surface area contributed by atoms with Crippen molar-refractivity contribution in [3.8, 4) is 6.07 Å². The molecule has 0 amide bonds. The predicted octanol–water partition coefficient (Wildman–Crippen LogP) is 1.75. The third-order valence-corrected chi connectivity index (χ3v) is 3.21. The van der Waals surface area contributed by atoms with Crippen LogP contribution in [-0.4, -0.2) is 36.6 Å². The summed E-state index contributed by atoms with van der Waals surface area (Å²) >= 11 is 0. The molecule has 2 atom stereocenters. The van der Waals surface area contributed by atoms with Crippen molar-refractivity contribution in [2.75, 3.05) is 19.6 Å². The summed E-state index contributed by atoms with van der Waals surface area (Å²) in [5.74, 6) is 0. The molecule has 0 bridgehead atoms. The van der Waals surface area contributed by atoms with Gasteiger partial charge in [-0.3, -0.25) is 4.90 Å². The van der Waals surface area contributed by atoms with Gasteiger partial charge in [0, 0.05) is 18.6 Å². The number of nitrogens with zero attached hydrogens (tertiary/aromatic N) is 2. The van der Waals surface area contributed by atoms with Crippen molar-refractivity contribution in [1.82, 2.24) is 10.2 Å². The molecule has 1 rings (SSSR count). The molecule has 86 valence electrons. The number of hydrogen-bond donors (Lipinski definition) is 1. The monoisotopic (exact) mass is 209 g/mol. The van der Waals surface area contributed by atoms with Gasteiger partial charge in [0.25, 0.3) is 0 Å². The van der Waals surface area contributed by atoms with Crippen LogP contribution in [0.15, 0.2) is 0 Å². The van der Waals surface area contributed by atoms with E-state index in [1.165, 1.54) is 25.8 Å². The number of nitrogens with one attached hydrogen (secondary N) is 1. The summed E-state index contributed by atoms with van der Waals surface area (Å²) < 4.78 is 0. The highest BCUT2D eigenvalue weighted by Crippen LogP contribution is 2.11. The van der Waals surface area contributed by atoms with Crippen LogP contribution in [0.4, 0.5) is 0 Å². The predicted molar refractivity (Wildman–Crippen MR) is 62.6 cm³/mol. The fraction of sp³-hybridized carbons (Fsp3) is 0.917. The van der Waals surface area contributed by atoms with Crippen molar-refractivity contribution in [3.05, 3.63) is 0 Å². The van der Waals surface area contributed by atoms with Gasteiger partial charge in [-0.1, -0.05) is 13.3 Å². The van der Waals surface area contributed by atoms with Crippen LogP contribution in [0.1, 0.15) is 39.5 Å². The summed E-state index contributed by atoms with van der Waals surface area (Å²) in [6.45, 7) is 7.80. The standard InChI is InChI=1S/C12H23N3/c1-3-4-9-15-10-12(5-7-13)14-8-6-11(15)2/h11-12,14H,3-6,8-10H2,1-2H3. The summed E-state index contributed by atoms with van der Waals surface area (Å²) in [5, 5.41) is 12.2. The first-order valence-corrected chi connectivity index (χ1v) is 6.12. The van der Waals surface area contributed by atoms with E-state index in [4.69, 9.17) is 5.26 Å². The first-order chi connectivity index (χ1) is 7.27. The lowest BCUT2D eigenvalue weighted by molar-refractivity contribution is 0.202. The maximum atomic E-state index is 8.73. The van der Waals surface area contributed by atoms with E-state index in [1.807, 2.05) is 0 Å². The summed E-state index contributed by atoms with van der Waals surface area (Å²) in [6.07, 6.45) is 4.35. The molecule has 0 saturated carbocycles. The number of hydrogen-bond acceptors (Lipinski definition) is 3. The smallest absolute Gasteiger partial charge is 0.0638 e. The minimum Gasteiger partial charge on any atom is -0.312 e. The highest BCUT2D eigenvalue weighted by Gasteiger charge is 2.21. The van der Waals surface area contributed by atoms with Gasteiger partial charge in [0.15, 0.2) is 0 Å². The second-order valence-electron chi connectivity index (χ2n) is 4.50. The number of unbranched alkanes of at least 4 members (excludes halogenated alkanes) is 1. The Kier molecular flexibility index (Phi) is 5.67. The van der Waals surface area contributed by atoms with Crippen molar-refractivity contribution < 1.29 is 0 Å². The zero-order valence-corrected chi connectivity index (χ0v) is 10.00. The molecule has 2 unspecified atom stereocenters. The van der Waals surface area contributed by atoms with Crippen molar-refractivity contribution in [2.24, 2.45) is 0 Å². The van der Waals surface area contributed by atoms with Crippen LogP contribution in [0.5, 0.6) is 0 Å². The molecule has 1 heterocycles. The summed E-state index contributed by atoms with van der Waals surface area (Å²) in [4.78, 5) is 2.53. The molecule has 15 heavy (non-hydrogen) atoms. The highest BCUT2D eigenvalue weighted by molar-refractivity contribution is 4.87. The molecule has 1 aliphatic rings. The second-order valence-corrected chi connectivity index (χ2v) is 4.50. The molecule has 1 fully saturated rings. The van der Waals surface area contributed by atoms with E-state index in [9.17, 15) is 0 Å². The molecule has 0 aromatic carbocycles. The van der Waals surface area contributed by atoms with E-state index in [0.717, 1.165) is 13.1 Å². The third-order valence-electron chi connectivity index (χ3n) is 3.21. The molecule has 0 aliphatic carbocycles. The van der Waals surface area contributed by atoms with Gasteiger partial charge < -0.3 is 5.32 Å². The lowest BCUT2D eigenvalue weighted by atomic mass is 10.1. The molecule has 0 aromatic rings. The first-order valence-electron chi connectivity index (χ1n) is 6.12. The molecule has 3 heteroatoms. The van der Waals surface area contributed by atoms with Crippen LogP contribution in [0, 0.1) is 11.3 Å². The normalized spacial score (nSPS) is 28.3. The largest absolute Gasteiger partial charge is 0.312 e. The lowest BCUT2D eigenvalue weighted by Crippen LogP contribution is -2.40. The van der Waals surface area contributed by atoms with Gasteiger partial charge in [-0.25, -0.2) is 0 Å². The van der Waals surface area contributed by atoms with Gasteiger partial charge in [-0.05, 0) is 32.9 Å². The minimum absolute atomic E-state index is 0.372. The molecular formula is C12H23N3. The van der Waals surface area contributed by atoms with Crippen LogP contribution < -0.4 is 5.32 Å². The third kappa shape index (κ3) is 4.19. The lowest BCUT2D eigenvalue weighted by Gasteiger charge is -2.28. The van der Waals surface area contributed by atoms with Crippen molar-refractivity contribution in [3.63, 3.8) is 0 Å². The van der Waals surface area contributed by atoms with Crippen LogP contribution in [0.3, 0.4) is 0 Å². The second kappa shape index (κ2) is 6.81. The van der Waals surface area contributed by atoms with Crippen LogP contribution in [-0.2, 0) is 0 Å². The fourth-order valence-electron chi connectivity index (χ4n) is 2.13. The van der Waals surface area contributed by atoms with Gasteiger partial charge >= 0.3 is 0 Å². The Hall–Kier alpha value is -0.590. The Labute approximate surface area is 93.5 Å². The quantitative estimate of drug-likeness (QED) is 0.766. The Balaban J connectivity index is 2.45. The average molecular weight is 209 g/mol. The molecule has 3 nitrogen and oxygen atoms in total. The fourth-order valence-corrected chi connectivity index (χ4v) is 2.13. The molecule has 1 aliphatic heterocycles. The molecule has 1 N–H and O–H groups in total. The van der Waals surface area contributed by atoms with E-state index in [-0.39, 0.29) is 0 Å². The molecule has 0 spiro atoms. The minimum atomic E-state index is 0.372. The van der Waals surface area contributed by atoms with Gasteiger partial charge in [-0.2, -0.15) is 5.26 Å². The zero-order valence-electron chi connectivity index (χ0n) is 10.00. The van der Waals surface area contributed by atoms with E-state index in [1.54, 1.807) is 0 Å². The van der Waals surface area contributed by atoms with Crippen LogP contribution in [0.2, 0.25) is 0 Å². The Morgan fingerprint density at radius 1 is 1.53 bits per heavy atom. The zero-order chi connectivity index (χ0) is 11.1. The number of nitriles is 1. The van der Waals surface area contributed by atoms with Crippen molar-refractivity contribution >= 4 is 0 Å². The maximum Gasteiger partial charge on any atom is 0.0638 e. The maximum absolute atomic E-state index is 8.73. The summed E-state index contributed by atoms with van der Waals surface area (Å²) in [6, 6.07) is 3.30. The Morgan fingerprint density at radius 3 is 3.00 bits per heavy atom. The van der Waals surface area contributed by atoms with Crippen LogP contribution in [0.25, 0.3) is 0 Å². The van der Waals surface area contributed by atoms with E-state index >= 15 is 0 Å². The van der Waals surface area contributed by atoms with E-state index in [2.05, 4.69) is 30.1 Å². The van der Waals surface area contributed by atoms with Crippen molar-refractivity contribution in [1.29, 1.82) is 5.26 Å².